The summed E-state index contributed by atoms with van der Waals surface area (Å²) in [6.07, 6.45) is 0. The second-order valence-electron chi connectivity index (χ2n) is 7.46. The number of rotatable bonds is 3. The van der Waals surface area contributed by atoms with Crippen LogP contribution in [0.1, 0.15) is 41.6 Å². The molecule has 1 amide bonds. The van der Waals surface area contributed by atoms with Gasteiger partial charge in [0.05, 0.1) is 12.0 Å². The fraction of sp³-hybridized carbons (Fsp3) is 0.250. The molecule has 4 rings (SSSR count). The van der Waals surface area contributed by atoms with Crippen LogP contribution in [0.5, 0.6) is 0 Å². The second kappa shape index (κ2) is 9.18. The molecule has 0 spiro atoms. The first kappa shape index (κ1) is 22.9. The number of aryl methyl sites for hydroxylation is 4. The highest BCUT2D eigenvalue weighted by molar-refractivity contribution is 7.21. The van der Waals surface area contributed by atoms with E-state index in [1.54, 1.807) is 13.1 Å². The van der Waals surface area contributed by atoms with Crippen LogP contribution in [0.4, 0.5) is 0 Å². The molecule has 1 N–H and O–H groups in total. The fourth-order valence-electron chi connectivity index (χ4n) is 3.05. The van der Waals surface area contributed by atoms with Crippen molar-refractivity contribution in [3.8, 4) is 0 Å². The lowest BCUT2D eigenvalue weighted by atomic mass is 10.1. The Bertz CT molecular complexity index is 1210. The Hall–Kier alpha value is -2.74. The van der Waals surface area contributed by atoms with Crippen LogP contribution >= 0.6 is 22.7 Å². The van der Waals surface area contributed by atoms with Gasteiger partial charge in [0, 0.05) is 16.4 Å². The van der Waals surface area contributed by atoms with Crippen molar-refractivity contribution in [3.63, 3.8) is 0 Å². The Morgan fingerprint density at radius 1 is 0.774 bits per heavy atom. The molecule has 0 saturated carbocycles. The maximum absolute atomic E-state index is 11.9. The summed E-state index contributed by atoms with van der Waals surface area (Å²) in [5.74, 6) is -0.953. The fourth-order valence-corrected chi connectivity index (χ4v) is 5.15. The van der Waals surface area contributed by atoms with Gasteiger partial charge >= 0.3 is 5.97 Å². The number of thiophene rings is 2. The first-order chi connectivity index (χ1) is 14.6. The van der Waals surface area contributed by atoms with E-state index in [2.05, 4.69) is 26.0 Å². The van der Waals surface area contributed by atoms with E-state index in [9.17, 15) is 9.59 Å². The predicted molar refractivity (Wildman–Crippen MR) is 129 cm³/mol. The highest BCUT2D eigenvalue weighted by Crippen LogP contribution is 2.29. The summed E-state index contributed by atoms with van der Waals surface area (Å²) in [4.78, 5) is 28.7. The number of carboxylic acids is 1. The van der Waals surface area contributed by atoms with Crippen molar-refractivity contribution in [3.05, 3.63) is 68.4 Å². The molecule has 162 valence electrons. The molecule has 7 heteroatoms. The van der Waals surface area contributed by atoms with Gasteiger partial charge in [0.25, 0.3) is 5.91 Å². The number of hydroxylamine groups is 2. The third kappa shape index (κ3) is 4.95. The maximum Gasteiger partial charge on any atom is 0.345 e. The molecule has 2 aromatic carbocycles. The van der Waals surface area contributed by atoms with E-state index < -0.39 is 5.97 Å². The van der Waals surface area contributed by atoms with Crippen molar-refractivity contribution in [1.29, 1.82) is 0 Å². The lowest BCUT2D eigenvalue weighted by Crippen LogP contribution is -2.24. The van der Waals surface area contributed by atoms with Gasteiger partial charge in [-0.15, -0.1) is 22.7 Å². The van der Waals surface area contributed by atoms with Gasteiger partial charge < -0.3 is 5.11 Å². The third-order valence-electron chi connectivity index (χ3n) is 5.25. The van der Waals surface area contributed by atoms with Crippen molar-refractivity contribution in [1.82, 2.24) is 5.06 Å². The van der Waals surface area contributed by atoms with Gasteiger partial charge in [-0.1, -0.05) is 12.1 Å². The summed E-state index contributed by atoms with van der Waals surface area (Å²) in [7, 11) is 3.10. The zero-order chi connectivity index (χ0) is 22.9. The standard InChI is InChI=1S/C13H15NO2S.C11H10O2S/c1-8-5-10-7-12(13(15)14(3)16-4)17-11(10)6-9(8)2;1-6-3-8-5-10(11(12)13)14-9(8)4-7(6)2/h5-7H,1-4H3;3-5H,1-2H3,(H,12,13). The van der Waals surface area contributed by atoms with Gasteiger partial charge in [0.1, 0.15) is 4.88 Å². The van der Waals surface area contributed by atoms with Crippen molar-refractivity contribution in [2.45, 2.75) is 27.7 Å². The second-order valence-corrected chi connectivity index (χ2v) is 9.63. The average molecular weight is 456 g/mol. The average Bonchev–Trinajstić information content (AvgIpc) is 3.32. The van der Waals surface area contributed by atoms with Crippen LogP contribution in [0.3, 0.4) is 0 Å². The Kier molecular flexibility index (Phi) is 6.79. The van der Waals surface area contributed by atoms with E-state index in [0.717, 1.165) is 20.2 Å². The molecular formula is C24H25NO4S2. The Morgan fingerprint density at radius 3 is 1.65 bits per heavy atom. The minimum atomic E-state index is -0.846. The van der Waals surface area contributed by atoms with Gasteiger partial charge in [-0.25, -0.2) is 9.86 Å². The highest BCUT2D eigenvalue weighted by atomic mass is 32.1. The molecule has 0 fully saturated rings. The summed E-state index contributed by atoms with van der Waals surface area (Å²) in [6, 6.07) is 12.0. The molecule has 0 aliphatic heterocycles. The molecule has 0 unspecified atom stereocenters. The molecule has 0 atom stereocenters. The number of hydrogen-bond donors (Lipinski definition) is 1. The molecule has 0 saturated heterocycles. The van der Waals surface area contributed by atoms with Crippen molar-refractivity contribution >= 4 is 54.7 Å². The zero-order valence-corrected chi connectivity index (χ0v) is 20.0. The van der Waals surface area contributed by atoms with Crippen LogP contribution in [-0.2, 0) is 4.84 Å². The van der Waals surface area contributed by atoms with Gasteiger partial charge in [-0.2, -0.15) is 0 Å². The summed E-state index contributed by atoms with van der Waals surface area (Å²) in [5.41, 5.74) is 4.90. The molecule has 0 aliphatic carbocycles. The smallest absolute Gasteiger partial charge is 0.345 e. The topological polar surface area (TPSA) is 66.8 Å². The first-order valence-electron chi connectivity index (χ1n) is 9.67. The Labute approximate surface area is 189 Å². The number of amides is 1. The number of fused-ring (bicyclic) bond motifs is 2. The summed E-state index contributed by atoms with van der Waals surface area (Å²) < 4.78 is 2.19. The van der Waals surface area contributed by atoms with Gasteiger partial charge in [-0.3, -0.25) is 9.63 Å². The van der Waals surface area contributed by atoms with E-state index >= 15 is 0 Å². The maximum atomic E-state index is 11.9. The van der Waals surface area contributed by atoms with E-state index in [4.69, 9.17) is 9.94 Å². The van der Waals surface area contributed by atoms with E-state index in [-0.39, 0.29) is 5.91 Å². The summed E-state index contributed by atoms with van der Waals surface area (Å²) >= 11 is 2.83. The number of aromatic carboxylic acids is 1. The van der Waals surface area contributed by atoms with E-state index in [1.165, 1.54) is 57.1 Å². The quantitative estimate of drug-likeness (QED) is 0.365. The van der Waals surface area contributed by atoms with Crippen molar-refractivity contribution < 1.29 is 19.5 Å². The predicted octanol–water partition coefficient (Wildman–Crippen LogP) is 6.37. The number of hydrogen-bond acceptors (Lipinski definition) is 5. The minimum absolute atomic E-state index is 0.107. The normalized spacial score (nSPS) is 10.8. The van der Waals surface area contributed by atoms with Crippen LogP contribution in [0.15, 0.2) is 36.4 Å². The minimum Gasteiger partial charge on any atom is -0.477 e. The number of benzene rings is 2. The van der Waals surface area contributed by atoms with Gasteiger partial charge in [0.2, 0.25) is 0 Å². The van der Waals surface area contributed by atoms with Crippen LogP contribution < -0.4 is 0 Å². The van der Waals surface area contributed by atoms with Crippen LogP contribution in [-0.4, -0.2) is 36.2 Å². The molecule has 5 nitrogen and oxygen atoms in total. The molecule has 0 bridgehead atoms. The summed E-state index contributed by atoms with van der Waals surface area (Å²) in [6.45, 7) is 8.23. The lowest BCUT2D eigenvalue weighted by molar-refractivity contribution is -0.0753. The van der Waals surface area contributed by atoms with E-state index in [1.807, 2.05) is 32.0 Å². The van der Waals surface area contributed by atoms with Crippen LogP contribution in [0, 0.1) is 27.7 Å². The Balaban J connectivity index is 0.000000179. The van der Waals surface area contributed by atoms with Crippen LogP contribution in [0.25, 0.3) is 20.2 Å². The Morgan fingerprint density at radius 2 is 1.19 bits per heavy atom. The van der Waals surface area contributed by atoms with Crippen molar-refractivity contribution in [2.75, 3.05) is 14.2 Å². The third-order valence-corrected chi connectivity index (χ3v) is 7.42. The number of nitrogens with zero attached hydrogens (tertiary/aromatic N) is 1. The first-order valence-corrected chi connectivity index (χ1v) is 11.3. The molecule has 0 aliphatic rings. The van der Waals surface area contributed by atoms with Gasteiger partial charge in [0.15, 0.2) is 0 Å². The molecule has 0 radical (unpaired) electrons. The molecule has 2 heterocycles. The SMILES string of the molecule is CON(C)C(=O)c1cc2cc(C)c(C)cc2s1.Cc1cc2cc(C(=O)O)sc2cc1C. The monoisotopic (exact) mass is 455 g/mol. The van der Waals surface area contributed by atoms with Crippen molar-refractivity contribution in [2.24, 2.45) is 0 Å². The molecular weight excluding hydrogens is 430 g/mol. The van der Waals surface area contributed by atoms with E-state index in [0.29, 0.717) is 9.75 Å². The summed E-state index contributed by atoms with van der Waals surface area (Å²) in [5, 5.41) is 12.2. The largest absolute Gasteiger partial charge is 0.477 e. The number of carbonyl (C=O) groups is 2. The highest BCUT2D eigenvalue weighted by Gasteiger charge is 2.15. The molecule has 4 aromatic rings. The lowest BCUT2D eigenvalue weighted by Gasteiger charge is -2.11. The van der Waals surface area contributed by atoms with Crippen LogP contribution in [0.2, 0.25) is 0 Å². The van der Waals surface area contributed by atoms with Gasteiger partial charge in [-0.05, 0) is 85.0 Å². The molecule has 31 heavy (non-hydrogen) atoms. The zero-order valence-electron chi connectivity index (χ0n) is 18.4. The number of carbonyl (C=O) groups excluding carboxylic acids is 1. The molecule has 2 aromatic heterocycles. The number of carboxylic acid groups (broad SMARTS) is 1.